The number of carbonyl (C=O) groups is 3. The number of halogens is 6. The lowest BCUT2D eigenvalue weighted by Crippen LogP contribution is -2.22. The standard InChI is InChI=1S/C33H32F6O5.C7H12O2/c1-3-31(41)43-17-9-7-5-4-6-8-16-42-24-12-10-22(11-13-24)23-18-28(36)32(29(37)19-23)33(38,39)44-30-15-14-25(21(2)40)26(34)20-27(30)35;1-3-5-6-9-7(8)4-2/h3,10-15,18-19H,1,4-9,16-17,20H2,2H3;4H,2-3,5-6H2,1H3. The average Bonchev–Trinajstić information content (AvgIpc) is 3.25. The van der Waals surface area contributed by atoms with Crippen LogP contribution in [0.2, 0.25) is 0 Å². The summed E-state index contributed by atoms with van der Waals surface area (Å²) in [5.74, 6) is -8.13. The molecule has 288 valence electrons. The Balaban J connectivity index is 0.000000953. The fourth-order valence-electron chi connectivity index (χ4n) is 4.72. The summed E-state index contributed by atoms with van der Waals surface area (Å²) in [6.45, 7) is 11.0. The zero-order chi connectivity index (χ0) is 39.4. The summed E-state index contributed by atoms with van der Waals surface area (Å²) in [7, 11) is 0. The highest BCUT2D eigenvalue weighted by molar-refractivity contribution is 5.96. The minimum absolute atomic E-state index is 0.0394. The lowest BCUT2D eigenvalue weighted by atomic mass is 10.0. The Morgan fingerprint density at radius 3 is 1.79 bits per heavy atom. The summed E-state index contributed by atoms with van der Waals surface area (Å²) in [5, 5.41) is 0. The van der Waals surface area contributed by atoms with E-state index in [1.165, 1.54) is 18.2 Å². The zero-order valence-electron chi connectivity index (χ0n) is 29.8. The highest BCUT2D eigenvalue weighted by atomic mass is 19.3. The molecule has 0 bridgehead atoms. The predicted octanol–water partition coefficient (Wildman–Crippen LogP) is 10.6. The van der Waals surface area contributed by atoms with Crippen molar-refractivity contribution in [1.82, 2.24) is 0 Å². The largest absolute Gasteiger partial charge is 0.494 e. The van der Waals surface area contributed by atoms with Gasteiger partial charge in [0.2, 0.25) is 0 Å². The fraction of sp³-hybridized carbons (Fsp3) is 0.375. The number of allylic oxidation sites excluding steroid dienone is 5. The molecule has 0 saturated heterocycles. The molecule has 1 aliphatic carbocycles. The van der Waals surface area contributed by atoms with Crippen molar-refractivity contribution in [2.45, 2.75) is 77.7 Å². The number of benzene rings is 2. The summed E-state index contributed by atoms with van der Waals surface area (Å²) in [4.78, 5) is 32.8. The molecular weight excluding hydrogens is 706 g/mol. The van der Waals surface area contributed by atoms with Gasteiger partial charge in [-0.3, -0.25) is 4.79 Å². The minimum Gasteiger partial charge on any atom is -0.494 e. The second-order valence-corrected chi connectivity index (χ2v) is 11.7. The SMILES string of the molecule is C=CC(=O)OCCCC.C=CC(=O)OCCCCCCCCOc1ccc(-c2cc(F)c(C(F)(F)OC3=C(F)CC(F)=C(C(C)=O)C=C3)c(F)c2)cc1. The van der Waals surface area contributed by atoms with Crippen molar-refractivity contribution >= 4 is 17.7 Å². The third-order valence-electron chi connectivity index (χ3n) is 7.54. The highest BCUT2D eigenvalue weighted by Gasteiger charge is 2.42. The number of hydrogen-bond acceptors (Lipinski definition) is 7. The van der Waals surface area contributed by atoms with Crippen LogP contribution in [-0.2, 0) is 34.7 Å². The van der Waals surface area contributed by atoms with E-state index in [1.807, 2.05) is 6.92 Å². The molecule has 0 amide bonds. The van der Waals surface area contributed by atoms with Crippen LogP contribution in [-0.4, -0.2) is 37.5 Å². The average molecular weight is 751 g/mol. The number of carbonyl (C=O) groups excluding carboxylic acids is 3. The van der Waals surface area contributed by atoms with Crippen LogP contribution in [0.15, 0.2) is 96.8 Å². The monoisotopic (exact) mass is 750 g/mol. The van der Waals surface area contributed by atoms with Crippen LogP contribution in [0.25, 0.3) is 11.1 Å². The quantitative estimate of drug-likeness (QED) is 0.0576. The van der Waals surface area contributed by atoms with Crippen molar-refractivity contribution < 1.29 is 59.7 Å². The predicted molar refractivity (Wildman–Crippen MR) is 188 cm³/mol. The van der Waals surface area contributed by atoms with Crippen LogP contribution < -0.4 is 4.74 Å². The van der Waals surface area contributed by atoms with Crippen LogP contribution >= 0.6 is 0 Å². The number of rotatable bonds is 20. The molecule has 1 aliphatic rings. The number of esters is 2. The first-order valence-corrected chi connectivity index (χ1v) is 17.1. The van der Waals surface area contributed by atoms with Crippen LogP contribution in [0.4, 0.5) is 26.3 Å². The van der Waals surface area contributed by atoms with Crippen LogP contribution in [0.1, 0.15) is 77.2 Å². The minimum atomic E-state index is -4.67. The lowest BCUT2D eigenvalue weighted by Gasteiger charge is -2.20. The molecular formula is C40H44F6O7. The van der Waals surface area contributed by atoms with E-state index in [-0.39, 0.29) is 11.5 Å². The molecule has 0 heterocycles. The van der Waals surface area contributed by atoms with Gasteiger partial charge >= 0.3 is 18.0 Å². The number of hydrogen-bond donors (Lipinski definition) is 0. The van der Waals surface area contributed by atoms with Gasteiger partial charge in [0, 0.05) is 17.7 Å². The number of ketones is 1. The first kappa shape index (κ1) is 44.1. The van der Waals surface area contributed by atoms with E-state index in [0.717, 1.165) is 70.4 Å². The van der Waals surface area contributed by atoms with Crippen molar-refractivity contribution in [1.29, 1.82) is 0 Å². The topological polar surface area (TPSA) is 88.1 Å². The molecule has 7 nitrogen and oxygen atoms in total. The Morgan fingerprint density at radius 1 is 0.736 bits per heavy atom. The molecule has 2 aromatic rings. The third kappa shape index (κ3) is 15.2. The van der Waals surface area contributed by atoms with Crippen molar-refractivity contribution in [3.63, 3.8) is 0 Å². The number of alkyl halides is 2. The summed E-state index contributed by atoms with van der Waals surface area (Å²) < 4.78 is 107. The molecule has 0 aliphatic heterocycles. The summed E-state index contributed by atoms with van der Waals surface area (Å²) in [6.07, 6.45) is 5.32. The van der Waals surface area contributed by atoms with E-state index in [0.29, 0.717) is 49.3 Å². The number of ether oxygens (including phenoxy) is 4. The van der Waals surface area contributed by atoms with Gasteiger partial charge in [0.25, 0.3) is 0 Å². The Labute approximate surface area is 305 Å². The Hall–Kier alpha value is -5.07. The molecule has 0 aromatic heterocycles. The molecule has 0 fully saturated rings. The Bertz CT molecular complexity index is 1640. The van der Waals surface area contributed by atoms with Crippen LogP contribution in [0, 0.1) is 11.6 Å². The maximum atomic E-state index is 14.9. The number of Topliss-reactive ketones (excluding diaryl/α,β-unsaturated/α-hetero) is 1. The number of unbranched alkanes of at least 4 members (excludes halogenated alkanes) is 6. The lowest BCUT2D eigenvalue weighted by molar-refractivity contribution is -0.226. The highest BCUT2D eigenvalue weighted by Crippen LogP contribution is 2.40. The van der Waals surface area contributed by atoms with Crippen molar-refractivity contribution in [2.75, 3.05) is 19.8 Å². The Kier molecular flexibility index (Phi) is 18.9. The van der Waals surface area contributed by atoms with Gasteiger partial charge in [-0.25, -0.2) is 27.2 Å². The fourth-order valence-corrected chi connectivity index (χ4v) is 4.72. The van der Waals surface area contributed by atoms with Gasteiger partial charge in [-0.2, -0.15) is 8.78 Å². The zero-order valence-corrected chi connectivity index (χ0v) is 29.8. The molecule has 0 N–H and O–H groups in total. The van der Waals surface area contributed by atoms with E-state index in [1.54, 1.807) is 12.1 Å². The summed E-state index contributed by atoms with van der Waals surface area (Å²) in [5.41, 5.74) is -2.00. The molecule has 13 heteroatoms. The maximum Gasteiger partial charge on any atom is 0.432 e. The van der Waals surface area contributed by atoms with E-state index in [4.69, 9.17) is 9.47 Å². The van der Waals surface area contributed by atoms with Gasteiger partial charge in [-0.15, -0.1) is 0 Å². The van der Waals surface area contributed by atoms with Gasteiger partial charge in [0.15, 0.2) is 11.5 Å². The van der Waals surface area contributed by atoms with Crippen molar-refractivity contribution in [3.8, 4) is 16.9 Å². The second-order valence-electron chi connectivity index (χ2n) is 11.7. The molecule has 2 aromatic carbocycles. The van der Waals surface area contributed by atoms with E-state index in [2.05, 4.69) is 22.6 Å². The van der Waals surface area contributed by atoms with E-state index in [9.17, 15) is 40.7 Å². The van der Waals surface area contributed by atoms with Crippen LogP contribution in [0.3, 0.4) is 0 Å². The van der Waals surface area contributed by atoms with E-state index < -0.39 is 64.5 Å². The van der Waals surface area contributed by atoms with Crippen molar-refractivity contribution in [3.05, 3.63) is 114 Å². The molecule has 53 heavy (non-hydrogen) atoms. The molecule has 0 saturated carbocycles. The molecule has 0 atom stereocenters. The maximum absolute atomic E-state index is 14.9. The van der Waals surface area contributed by atoms with Crippen molar-refractivity contribution in [2.24, 2.45) is 0 Å². The molecule has 0 spiro atoms. The van der Waals surface area contributed by atoms with Gasteiger partial charge < -0.3 is 18.9 Å². The summed E-state index contributed by atoms with van der Waals surface area (Å²) in [6, 6.07) is 7.58. The second kappa shape index (κ2) is 22.8. The van der Waals surface area contributed by atoms with Crippen LogP contribution in [0.5, 0.6) is 5.75 Å². The molecule has 0 radical (unpaired) electrons. The van der Waals surface area contributed by atoms with Gasteiger partial charge in [0.1, 0.15) is 34.6 Å². The van der Waals surface area contributed by atoms with Gasteiger partial charge in [0.05, 0.1) is 26.2 Å². The summed E-state index contributed by atoms with van der Waals surface area (Å²) >= 11 is 0. The van der Waals surface area contributed by atoms with Gasteiger partial charge in [-0.05, 0) is 73.7 Å². The van der Waals surface area contributed by atoms with E-state index >= 15 is 0 Å². The smallest absolute Gasteiger partial charge is 0.432 e. The molecule has 3 rings (SSSR count). The van der Waals surface area contributed by atoms with Gasteiger partial charge in [-0.1, -0.05) is 64.3 Å². The first-order chi connectivity index (χ1) is 25.2. The Morgan fingerprint density at radius 2 is 1.26 bits per heavy atom. The first-order valence-electron chi connectivity index (χ1n) is 17.1. The normalized spacial score (nSPS) is 12.7. The third-order valence-corrected chi connectivity index (χ3v) is 7.54. The molecule has 0 unspecified atom stereocenters.